The van der Waals surface area contributed by atoms with E-state index in [1.54, 1.807) is 63.2 Å². The molecule has 0 aromatic heterocycles. The van der Waals surface area contributed by atoms with Crippen LogP contribution in [0.2, 0.25) is 0 Å². The van der Waals surface area contributed by atoms with Crippen LogP contribution in [-0.2, 0) is 14.3 Å². The molecule has 0 radical (unpaired) electrons. The van der Waals surface area contributed by atoms with Gasteiger partial charge in [0.05, 0.1) is 16.9 Å². The number of alkyl carbamates (subject to hydrolysis) is 1. The zero-order valence-electron chi connectivity index (χ0n) is 21.9. The first-order chi connectivity index (χ1) is 18.0. The van der Waals surface area contributed by atoms with E-state index < -0.39 is 35.8 Å². The Labute approximate surface area is 222 Å². The normalized spacial score (nSPS) is 14.6. The van der Waals surface area contributed by atoms with E-state index in [1.165, 1.54) is 12.1 Å². The van der Waals surface area contributed by atoms with Gasteiger partial charge in [-0.15, -0.1) is 0 Å². The van der Waals surface area contributed by atoms with Gasteiger partial charge in [-0.3, -0.25) is 5.32 Å². The first-order valence-electron chi connectivity index (χ1n) is 12.7. The lowest BCUT2D eigenvalue weighted by atomic mass is 9.93. The number of aliphatic carboxylic acids is 1. The summed E-state index contributed by atoms with van der Waals surface area (Å²) in [7, 11) is 0. The number of hydrogen-bond donors (Lipinski definition) is 3. The molecule has 1 saturated carbocycles. The maximum atomic E-state index is 12.5. The molecule has 0 aliphatic heterocycles. The molecular formula is C28H35N3O7. The van der Waals surface area contributed by atoms with Crippen LogP contribution in [0, 0.1) is 0 Å². The highest BCUT2D eigenvalue weighted by molar-refractivity contribution is 5.97. The Hall–Kier alpha value is -4.08. The van der Waals surface area contributed by atoms with Gasteiger partial charge in [-0.05, 0) is 57.9 Å². The molecule has 2 aromatic carbocycles. The Kier molecular flexibility index (Phi) is 9.70. The second-order valence-corrected chi connectivity index (χ2v) is 10.2. The highest BCUT2D eigenvalue weighted by atomic mass is 16.6. The molecule has 10 heteroatoms. The molecule has 3 rings (SSSR count). The fraction of sp³-hybridized carbons (Fsp3) is 0.429. The van der Waals surface area contributed by atoms with Crippen LogP contribution in [0.3, 0.4) is 0 Å². The van der Waals surface area contributed by atoms with Crippen molar-refractivity contribution < 1.29 is 33.8 Å². The van der Waals surface area contributed by atoms with E-state index in [-0.39, 0.29) is 18.2 Å². The third-order valence-corrected chi connectivity index (χ3v) is 6.03. The van der Waals surface area contributed by atoms with Crippen LogP contribution in [0.5, 0.6) is 0 Å². The Morgan fingerprint density at radius 3 is 2.21 bits per heavy atom. The molecule has 1 unspecified atom stereocenters. The standard InChI is InChI=1S/C28H35N3O7/c1-28(2,3)38-27(36)29-21-16-10-11-17-23(21)31(20-14-8-5-9-15-20)18-22(24(32)33)30-26(35)37-25(34)19-12-6-4-7-13-19/h4,6-7,10-13,16-17,20,22H,5,8-9,14-15,18H2,1-3H3,(H,29,36)(H,30,35)(H,32,33). The second-order valence-electron chi connectivity index (χ2n) is 10.2. The summed E-state index contributed by atoms with van der Waals surface area (Å²) in [6, 6.07) is 13.6. The van der Waals surface area contributed by atoms with Crippen molar-refractivity contribution in [3.05, 3.63) is 60.2 Å². The third kappa shape index (κ3) is 8.50. The van der Waals surface area contributed by atoms with Gasteiger partial charge in [-0.2, -0.15) is 0 Å². The molecule has 1 aliphatic rings. The molecular weight excluding hydrogens is 490 g/mol. The van der Waals surface area contributed by atoms with Crippen LogP contribution in [-0.4, -0.2) is 53.5 Å². The second kappa shape index (κ2) is 12.9. The minimum absolute atomic E-state index is 0.0176. The quantitative estimate of drug-likeness (QED) is 0.317. The number of rotatable bonds is 8. The molecule has 204 valence electrons. The van der Waals surface area contributed by atoms with Crippen molar-refractivity contribution in [3.63, 3.8) is 0 Å². The van der Waals surface area contributed by atoms with Crippen molar-refractivity contribution in [1.82, 2.24) is 5.32 Å². The minimum atomic E-state index is -1.39. The number of benzene rings is 2. The topological polar surface area (TPSA) is 134 Å². The van der Waals surface area contributed by atoms with Crippen LogP contribution in [0.15, 0.2) is 54.6 Å². The summed E-state index contributed by atoms with van der Waals surface area (Å²) < 4.78 is 10.2. The fourth-order valence-corrected chi connectivity index (χ4v) is 4.35. The summed E-state index contributed by atoms with van der Waals surface area (Å²) in [5.41, 5.74) is 0.531. The summed E-state index contributed by atoms with van der Waals surface area (Å²) >= 11 is 0. The van der Waals surface area contributed by atoms with Crippen molar-refractivity contribution in [2.24, 2.45) is 0 Å². The Morgan fingerprint density at radius 2 is 1.58 bits per heavy atom. The fourth-order valence-electron chi connectivity index (χ4n) is 4.35. The van der Waals surface area contributed by atoms with E-state index in [1.807, 2.05) is 4.90 Å². The Bertz CT molecular complexity index is 1120. The van der Waals surface area contributed by atoms with Gasteiger partial charge in [0.25, 0.3) is 0 Å². The Balaban J connectivity index is 1.82. The molecule has 10 nitrogen and oxygen atoms in total. The summed E-state index contributed by atoms with van der Waals surface area (Å²) in [4.78, 5) is 51.3. The average Bonchev–Trinajstić information content (AvgIpc) is 2.86. The Morgan fingerprint density at radius 1 is 0.947 bits per heavy atom. The van der Waals surface area contributed by atoms with E-state index in [2.05, 4.69) is 10.6 Å². The highest BCUT2D eigenvalue weighted by Crippen LogP contribution is 2.33. The van der Waals surface area contributed by atoms with Crippen molar-refractivity contribution >= 4 is 35.5 Å². The minimum Gasteiger partial charge on any atom is -0.480 e. The summed E-state index contributed by atoms with van der Waals surface area (Å²) in [6.45, 7) is 5.17. The van der Waals surface area contributed by atoms with Crippen molar-refractivity contribution in [3.8, 4) is 0 Å². The third-order valence-electron chi connectivity index (χ3n) is 6.03. The number of amides is 2. The number of nitrogens with one attached hydrogen (secondary N) is 2. The molecule has 0 heterocycles. The maximum Gasteiger partial charge on any atom is 0.415 e. The van der Waals surface area contributed by atoms with Gasteiger partial charge >= 0.3 is 24.1 Å². The lowest BCUT2D eigenvalue weighted by molar-refractivity contribution is -0.139. The van der Waals surface area contributed by atoms with Crippen molar-refractivity contribution in [1.29, 1.82) is 0 Å². The average molecular weight is 526 g/mol. The molecule has 1 atom stereocenters. The van der Waals surface area contributed by atoms with E-state index in [9.17, 15) is 24.3 Å². The van der Waals surface area contributed by atoms with Crippen molar-refractivity contribution in [2.75, 3.05) is 16.8 Å². The number of ether oxygens (including phenoxy) is 2. The largest absolute Gasteiger partial charge is 0.480 e. The van der Waals surface area contributed by atoms with E-state index >= 15 is 0 Å². The number of esters is 1. The van der Waals surface area contributed by atoms with Crippen LogP contribution in [0.1, 0.15) is 63.2 Å². The SMILES string of the molecule is CC(C)(C)OC(=O)Nc1ccccc1N(CC(NC(=O)OC(=O)c1ccccc1)C(=O)O)C1CCCCC1. The van der Waals surface area contributed by atoms with Gasteiger partial charge in [0.1, 0.15) is 11.6 Å². The lowest BCUT2D eigenvalue weighted by Gasteiger charge is -2.38. The molecule has 0 bridgehead atoms. The van der Waals surface area contributed by atoms with Crippen LogP contribution in [0.4, 0.5) is 21.0 Å². The number of hydrogen-bond acceptors (Lipinski definition) is 7. The summed E-state index contributed by atoms with van der Waals surface area (Å²) in [5, 5.41) is 15.0. The van der Waals surface area contributed by atoms with E-state index in [0.29, 0.717) is 11.4 Å². The number of para-hydroxylation sites is 2. The molecule has 2 aromatic rings. The molecule has 38 heavy (non-hydrogen) atoms. The van der Waals surface area contributed by atoms with E-state index in [0.717, 1.165) is 32.1 Å². The molecule has 2 amide bonds. The van der Waals surface area contributed by atoms with Gasteiger partial charge in [0.15, 0.2) is 0 Å². The predicted octanol–water partition coefficient (Wildman–Crippen LogP) is 5.19. The monoisotopic (exact) mass is 525 g/mol. The number of anilines is 2. The number of carbonyl (C=O) groups excluding carboxylic acids is 3. The smallest absolute Gasteiger partial charge is 0.415 e. The number of carbonyl (C=O) groups is 4. The molecule has 3 N–H and O–H groups in total. The van der Waals surface area contributed by atoms with E-state index in [4.69, 9.17) is 9.47 Å². The predicted molar refractivity (Wildman–Crippen MR) is 142 cm³/mol. The van der Waals surface area contributed by atoms with Gasteiger partial charge in [0, 0.05) is 12.6 Å². The summed E-state index contributed by atoms with van der Waals surface area (Å²) in [6.07, 6.45) is 2.88. The van der Waals surface area contributed by atoms with Crippen LogP contribution in [0.25, 0.3) is 0 Å². The van der Waals surface area contributed by atoms with Gasteiger partial charge in [-0.25, -0.2) is 19.2 Å². The zero-order valence-corrected chi connectivity index (χ0v) is 21.9. The lowest BCUT2D eigenvalue weighted by Crippen LogP contribution is -2.52. The molecule has 1 fully saturated rings. The first kappa shape index (κ1) is 28.5. The van der Waals surface area contributed by atoms with Crippen molar-refractivity contribution in [2.45, 2.75) is 70.6 Å². The molecule has 1 aliphatic carbocycles. The van der Waals surface area contributed by atoms with Crippen LogP contribution >= 0.6 is 0 Å². The van der Waals surface area contributed by atoms with Gasteiger partial charge in [-0.1, -0.05) is 49.6 Å². The maximum absolute atomic E-state index is 12.5. The number of carboxylic acid groups (broad SMARTS) is 1. The highest BCUT2D eigenvalue weighted by Gasteiger charge is 2.31. The zero-order chi connectivity index (χ0) is 27.7. The number of carboxylic acids is 1. The molecule has 0 saturated heterocycles. The number of nitrogens with zero attached hydrogens (tertiary/aromatic N) is 1. The summed E-state index contributed by atoms with van der Waals surface area (Å²) in [5.74, 6) is -2.17. The van der Waals surface area contributed by atoms with Crippen LogP contribution < -0.4 is 15.5 Å². The van der Waals surface area contributed by atoms with Gasteiger partial charge < -0.3 is 24.8 Å². The first-order valence-corrected chi connectivity index (χ1v) is 12.7. The molecule has 0 spiro atoms. The van der Waals surface area contributed by atoms with Gasteiger partial charge in [0.2, 0.25) is 0 Å².